The van der Waals surface area contributed by atoms with Crippen LogP contribution in [0.3, 0.4) is 0 Å². The number of thioether (sulfide) groups is 1. The summed E-state index contributed by atoms with van der Waals surface area (Å²) >= 11 is 1.52. The smallest absolute Gasteiger partial charge is 0.414 e. The summed E-state index contributed by atoms with van der Waals surface area (Å²) in [6.45, 7) is 5.99. The van der Waals surface area contributed by atoms with E-state index >= 15 is 0 Å². The van der Waals surface area contributed by atoms with E-state index in [2.05, 4.69) is 5.32 Å². The molecule has 0 aromatic heterocycles. The van der Waals surface area contributed by atoms with Gasteiger partial charge in [0.1, 0.15) is 6.04 Å². The Hall–Kier alpha value is -2.42. The van der Waals surface area contributed by atoms with Gasteiger partial charge in [-0.2, -0.15) is 11.8 Å². The molecule has 0 aliphatic heterocycles. The molecular formula is C20H30N2O6S. The number of benzene rings is 1. The minimum absolute atomic E-state index is 0.0247. The summed E-state index contributed by atoms with van der Waals surface area (Å²) < 4.78 is 11.1. The average Bonchev–Trinajstić information content (AvgIpc) is 2.66. The van der Waals surface area contributed by atoms with Crippen molar-refractivity contribution >= 4 is 29.7 Å². The zero-order valence-corrected chi connectivity index (χ0v) is 18.2. The van der Waals surface area contributed by atoms with E-state index in [9.17, 15) is 19.5 Å². The van der Waals surface area contributed by atoms with Gasteiger partial charge in [-0.05, 0) is 56.4 Å². The van der Waals surface area contributed by atoms with Crippen molar-refractivity contribution in [1.29, 1.82) is 0 Å². The molecule has 8 nitrogen and oxygen atoms in total. The predicted octanol–water partition coefficient (Wildman–Crippen LogP) is 2.79. The molecule has 0 aliphatic rings. The molecule has 0 unspecified atom stereocenters. The molecular weight excluding hydrogens is 396 g/mol. The van der Waals surface area contributed by atoms with Crippen molar-refractivity contribution in [1.82, 2.24) is 10.2 Å². The molecule has 29 heavy (non-hydrogen) atoms. The van der Waals surface area contributed by atoms with Gasteiger partial charge in [0.05, 0.1) is 13.2 Å². The third-order valence-electron chi connectivity index (χ3n) is 4.02. The number of carbonyl (C=O) groups excluding carboxylic acids is 2. The van der Waals surface area contributed by atoms with E-state index in [1.54, 1.807) is 12.1 Å². The van der Waals surface area contributed by atoms with Crippen LogP contribution in [0.2, 0.25) is 0 Å². The molecule has 3 amide bonds. The monoisotopic (exact) mass is 426 g/mol. The highest BCUT2D eigenvalue weighted by Crippen LogP contribution is 2.28. The van der Waals surface area contributed by atoms with Crippen molar-refractivity contribution in [3.63, 3.8) is 0 Å². The van der Waals surface area contributed by atoms with E-state index in [-0.39, 0.29) is 12.5 Å². The van der Waals surface area contributed by atoms with E-state index < -0.39 is 18.0 Å². The van der Waals surface area contributed by atoms with Crippen LogP contribution in [-0.2, 0) is 16.0 Å². The predicted molar refractivity (Wildman–Crippen MR) is 113 cm³/mol. The first-order valence-electron chi connectivity index (χ1n) is 9.52. The first-order valence-corrected chi connectivity index (χ1v) is 10.9. The van der Waals surface area contributed by atoms with Crippen molar-refractivity contribution < 1.29 is 29.0 Å². The summed E-state index contributed by atoms with van der Waals surface area (Å²) in [7, 11) is 0. The molecule has 0 saturated carbocycles. The lowest BCUT2D eigenvalue weighted by Crippen LogP contribution is -2.50. The molecule has 1 aromatic carbocycles. The number of imide groups is 1. The van der Waals surface area contributed by atoms with Crippen LogP contribution in [0, 0.1) is 0 Å². The van der Waals surface area contributed by atoms with Crippen molar-refractivity contribution in [2.45, 2.75) is 39.7 Å². The van der Waals surface area contributed by atoms with E-state index in [1.165, 1.54) is 18.7 Å². The van der Waals surface area contributed by atoms with Gasteiger partial charge in [-0.25, -0.2) is 9.69 Å². The Kier molecular flexibility index (Phi) is 11.0. The fourth-order valence-electron chi connectivity index (χ4n) is 2.72. The van der Waals surface area contributed by atoms with Gasteiger partial charge in [-0.3, -0.25) is 9.59 Å². The maximum atomic E-state index is 12.7. The molecule has 0 aliphatic carbocycles. The molecule has 1 aromatic rings. The van der Waals surface area contributed by atoms with Crippen LogP contribution < -0.4 is 14.8 Å². The SMILES string of the molecule is CCOc1ccc(CCN(C(=O)O)C(=O)[C@H](CCSC)NC(C)=O)cc1OCC. The van der Waals surface area contributed by atoms with Crippen molar-refractivity contribution in [3.05, 3.63) is 23.8 Å². The molecule has 0 saturated heterocycles. The van der Waals surface area contributed by atoms with Crippen LogP contribution in [0.15, 0.2) is 18.2 Å². The number of nitrogens with zero attached hydrogens (tertiary/aromatic N) is 1. The zero-order chi connectivity index (χ0) is 21.8. The molecule has 1 rings (SSSR count). The van der Waals surface area contributed by atoms with Crippen LogP contribution >= 0.6 is 11.8 Å². The molecule has 0 spiro atoms. The molecule has 162 valence electrons. The number of nitrogens with one attached hydrogen (secondary N) is 1. The quantitative estimate of drug-likeness (QED) is 0.529. The number of carbonyl (C=O) groups is 3. The highest BCUT2D eigenvalue weighted by molar-refractivity contribution is 7.98. The maximum absolute atomic E-state index is 12.7. The standard InChI is InChI=1S/C20H30N2O6S/c1-5-27-17-8-7-15(13-18(17)28-6-2)9-11-22(20(25)26)19(24)16(10-12-29-4)21-14(3)23/h7-8,13,16H,5-6,9-12H2,1-4H3,(H,21,23)(H,25,26)/t16-/m0/s1. The summed E-state index contributed by atoms with van der Waals surface area (Å²) in [6, 6.07) is 4.51. The molecule has 0 fully saturated rings. The fourth-order valence-corrected chi connectivity index (χ4v) is 3.19. The average molecular weight is 427 g/mol. The summed E-state index contributed by atoms with van der Waals surface area (Å²) in [5.74, 6) is 0.824. The molecule has 2 N–H and O–H groups in total. The fraction of sp³-hybridized carbons (Fsp3) is 0.550. The van der Waals surface area contributed by atoms with Gasteiger partial charge in [0, 0.05) is 13.5 Å². The second-order valence-electron chi connectivity index (χ2n) is 6.20. The first kappa shape index (κ1) is 24.6. The van der Waals surface area contributed by atoms with Gasteiger partial charge in [0.25, 0.3) is 5.91 Å². The molecule has 0 bridgehead atoms. The van der Waals surface area contributed by atoms with Crippen LogP contribution in [0.4, 0.5) is 4.79 Å². The van der Waals surface area contributed by atoms with Gasteiger partial charge in [0.2, 0.25) is 5.91 Å². The number of ether oxygens (including phenoxy) is 2. The van der Waals surface area contributed by atoms with Crippen LogP contribution in [0.1, 0.15) is 32.8 Å². The van der Waals surface area contributed by atoms with Gasteiger partial charge >= 0.3 is 6.09 Å². The second kappa shape index (κ2) is 12.9. The number of hydrogen-bond acceptors (Lipinski definition) is 6. The van der Waals surface area contributed by atoms with E-state index in [1.807, 2.05) is 26.2 Å². The van der Waals surface area contributed by atoms with Crippen molar-refractivity contribution in [3.8, 4) is 11.5 Å². The van der Waals surface area contributed by atoms with Crippen molar-refractivity contribution in [2.75, 3.05) is 31.8 Å². The third-order valence-corrected chi connectivity index (χ3v) is 4.66. The number of hydrogen-bond donors (Lipinski definition) is 2. The van der Waals surface area contributed by atoms with Crippen LogP contribution in [0.5, 0.6) is 11.5 Å². The Labute approximate surface area is 175 Å². The Morgan fingerprint density at radius 1 is 1.17 bits per heavy atom. The number of rotatable bonds is 12. The van der Waals surface area contributed by atoms with Crippen molar-refractivity contribution in [2.24, 2.45) is 0 Å². The highest BCUT2D eigenvalue weighted by Gasteiger charge is 2.29. The zero-order valence-electron chi connectivity index (χ0n) is 17.4. The van der Waals surface area contributed by atoms with E-state index in [0.717, 1.165) is 10.5 Å². The van der Waals surface area contributed by atoms with Gasteiger partial charge < -0.3 is 19.9 Å². The number of amides is 3. The summed E-state index contributed by atoms with van der Waals surface area (Å²) in [5, 5.41) is 12.1. The summed E-state index contributed by atoms with van der Waals surface area (Å²) in [6.07, 6.45) is 1.22. The Balaban J connectivity index is 2.93. The van der Waals surface area contributed by atoms with Gasteiger partial charge in [-0.1, -0.05) is 6.07 Å². The minimum atomic E-state index is -1.34. The highest BCUT2D eigenvalue weighted by atomic mass is 32.2. The Bertz CT molecular complexity index is 698. The lowest BCUT2D eigenvalue weighted by molar-refractivity contribution is -0.134. The number of carboxylic acid groups (broad SMARTS) is 1. The molecule has 0 radical (unpaired) electrons. The Morgan fingerprint density at radius 2 is 1.83 bits per heavy atom. The molecule has 9 heteroatoms. The Morgan fingerprint density at radius 3 is 2.38 bits per heavy atom. The lowest BCUT2D eigenvalue weighted by atomic mass is 10.1. The first-order chi connectivity index (χ1) is 13.8. The van der Waals surface area contributed by atoms with Crippen LogP contribution in [-0.4, -0.2) is 65.7 Å². The summed E-state index contributed by atoms with van der Waals surface area (Å²) in [5.41, 5.74) is 0.816. The maximum Gasteiger partial charge on any atom is 0.414 e. The van der Waals surface area contributed by atoms with Gasteiger partial charge in [-0.15, -0.1) is 0 Å². The second-order valence-corrected chi connectivity index (χ2v) is 7.19. The normalized spacial score (nSPS) is 11.4. The summed E-state index contributed by atoms with van der Waals surface area (Å²) in [4.78, 5) is 36.6. The van der Waals surface area contributed by atoms with E-state index in [0.29, 0.717) is 43.3 Å². The largest absolute Gasteiger partial charge is 0.490 e. The molecule has 1 atom stereocenters. The lowest BCUT2D eigenvalue weighted by Gasteiger charge is -2.24. The molecule has 0 heterocycles. The topological polar surface area (TPSA) is 105 Å². The van der Waals surface area contributed by atoms with E-state index in [4.69, 9.17) is 9.47 Å². The minimum Gasteiger partial charge on any atom is -0.490 e. The third kappa shape index (κ3) is 8.23. The van der Waals surface area contributed by atoms with Crippen LogP contribution in [0.25, 0.3) is 0 Å². The van der Waals surface area contributed by atoms with Gasteiger partial charge in [0.15, 0.2) is 11.5 Å².